The van der Waals surface area contributed by atoms with Gasteiger partial charge in [0.05, 0.1) is 12.3 Å². The van der Waals surface area contributed by atoms with Gasteiger partial charge in [0.25, 0.3) is 0 Å². The molecule has 1 rings (SSSR count). The molecule has 0 aliphatic carbocycles. The lowest BCUT2D eigenvalue weighted by Crippen LogP contribution is -2.46. The number of furan rings is 1. The monoisotopic (exact) mass is 211 g/mol. The van der Waals surface area contributed by atoms with Gasteiger partial charge in [-0.1, -0.05) is 0 Å². The standard InChI is InChI=1S/C10H17N3O2/c1-7(5-8-3-2-4-15-8)13-6-9(11)10(12)14/h2-4,7,9,13H,5-6,11H2,1H3,(H2,12,14). The Labute approximate surface area is 88.8 Å². The maximum atomic E-state index is 10.7. The molecule has 1 aromatic rings. The highest BCUT2D eigenvalue weighted by Gasteiger charge is 2.11. The van der Waals surface area contributed by atoms with Crippen molar-refractivity contribution < 1.29 is 9.21 Å². The summed E-state index contributed by atoms with van der Waals surface area (Å²) in [4.78, 5) is 10.7. The summed E-state index contributed by atoms with van der Waals surface area (Å²) in [5.41, 5.74) is 10.5. The molecule has 2 atom stereocenters. The molecule has 0 spiro atoms. The van der Waals surface area contributed by atoms with Crippen molar-refractivity contribution in [1.82, 2.24) is 5.32 Å². The fraction of sp³-hybridized carbons (Fsp3) is 0.500. The summed E-state index contributed by atoms with van der Waals surface area (Å²) in [7, 11) is 0. The molecule has 15 heavy (non-hydrogen) atoms. The summed E-state index contributed by atoms with van der Waals surface area (Å²) in [5, 5.41) is 3.12. The summed E-state index contributed by atoms with van der Waals surface area (Å²) < 4.78 is 5.20. The van der Waals surface area contributed by atoms with Gasteiger partial charge < -0.3 is 21.2 Å². The SMILES string of the molecule is CC(Cc1ccco1)NCC(N)C(N)=O. The molecule has 5 nitrogen and oxygen atoms in total. The Kier molecular flexibility index (Phi) is 4.33. The predicted molar refractivity (Wildman–Crippen MR) is 57.0 cm³/mol. The highest BCUT2D eigenvalue weighted by Crippen LogP contribution is 2.03. The Hall–Kier alpha value is -1.33. The van der Waals surface area contributed by atoms with Crippen molar-refractivity contribution in [2.45, 2.75) is 25.4 Å². The third kappa shape index (κ3) is 4.14. The van der Waals surface area contributed by atoms with E-state index in [2.05, 4.69) is 5.32 Å². The van der Waals surface area contributed by atoms with E-state index in [0.717, 1.165) is 12.2 Å². The number of hydrogen-bond acceptors (Lipinski definition) is 4. The maximum absolute atomic E-state index is 10.7. The lowest BCUT2D eigenvalue weighted by Gasteiger charge is -2.14. The number of primary amides is 1. The Balaban J connectivity index is 2.25. The second-order valence-electron chi connectivity index (χ2n) is 3.60. The van der Waals surface area contributed by atoms with Gasteiger partial charge >= 0.3 is 0 Å². The molecule has 1 amide bonds. The third-order valence-electron chi connectivity index (χ3n) is 2.14. The first-order chi connectivity index (χ1) is 7.09. The van der Waals surface area contributed by atoms with Crippen molar-refractivity contribution in [1.29, 1.82) is 0 Å². The van der Waals surface area contributed by atoms with Gasteiger partial charge in [0.2, 0.25) is 5.91 Å². The van der Waals surface area contributed by atoms with Crippen LogP contribution in [0, 0.1) is 0 Å². The van der Waals surface area contributed by atoms with Crippen molar-refractivity contribution in [2.75, 3.05) is 6.54 Å². The summed E-state index contributed by atoms with van der Waals surface area (Å²) in [5.74, 6) is 0.412. The van der Waals surface area contributed by atoms with Gasteiger partial charge in [-0.2, -0.15) is 0 Å². The number of carbonyl (C=O) groups is 1. The molecule has 1 aromatic heterocycles. The first-order valence-electron chi connectivity index (χ1n) is 4.90. The number of rotatable bonds is 6. The average Bonchev–Trinajstić information content (AvgIpc) is 2.66. The summed E-state index contributed by atoms with van der Waals surface area (Å²) in [6, 6.07) is 3.31. The molecule has 0 aliphatic heterocycles. The first kappa shape index (κ1) is 11.7. The average molecular weight is 211 g/mol. The maximum Gasteiger partial charge on any atom is 0.235 e. The van der Waals surface area contributed by atoms with E-state index in [4.69, 9.17) is 15.9 Å². The zero-order chi connectivity index (χ0) is 11.3. The molecule has 5 N–H and O–H groups in total. The van der Waals surface area contributed by atoms with Gasteiger partial charge in [0, 0.05) is 19.0 Å². The fourth-order valence-corrected chi connectivity index (χ4v) is 1.23. The molecule has 0 aromatic carbocycles. The van der Waals surface area contributed by atoms with E-state index in [-0.39, 0.29) is 6.04 Å². The molecular weight excluding hydrogens is 194 g/mol. The van der Waals surface area contributed by atoms with Crippen molar-refractivity contribution >= 4 is 5.91 Å². The molecule has 0 aliphatic rings. The van der Waals surface area contributed by atoms with Gasteiger partial charge in [0.1, 0.15) is 5.76 Å². The second kappa shape index (κ2) is 5.53. The van der Waals surface area contributed by atoms with Crippen LogP contribution in [0.25, 0.3) is 0 Å². The number of amides is 1. The Morgan fingerprint density at radius 1 is 1.67 bits per heavy atom. The molecule has 0 saturated carbocycles. The van der Waals surface area contributed by atoms with Crippen LogP contribution in [-0.4, -0.2) is 24.5 Å². The fourth-order valence-electron chi connectivity index (χ4n) is 1.23. The second-order valence-corrected chi connectivity index (χ2v) is 3.60. The highest BCUT2D eigenvalue weighted by atomic mass is 16.3. The summed E-state index contributed by atoms with van der Waals surface area (Å²) in [6.45, 7) is 2.38. The predicted octanol–water partition coefficient (Wildman–Crippen LogP) is -0.387. The van der Waals surface area contributed by atoms with Gasteiger partial charge in [-0.25, -0.2) is 0 Å². The minimum Gasteiger partial charge on any atom is -0.469 e. The lowest BCUT2D eigenvalue weighted by atomic mass is 10.2. The van der Waals surface area contributed by atoms with E-state index in [1.807, 2.05) is 19.1 Å². The zero-order valence-corrected chi connectivity index (χ0v) is 8.77. The van der Waals surface area contributed by atoms with E-state index < -0.39 is 11.9 Å². The van der Waals surface area contributed by atoms with Gasteiger partial charge in [0.15, 0.2) is 0 Å². The summed E-state index contributed by atoms with van der Waals surface area (Å²) >= 11 is 0. The van der Waals surface area contributed by atoms with Crippen LogP contribution in [0.2, 0.25) is 0 Å². The number of nitrogens with two attached hydrogens (primary N) is 2. The summed E-state index contributed by atoms with van der Waals surface area (Å²) in [6.07, 6.45) is 2.40. The molecule has 0 radical (unpaired) electrons. The van der Waals surface area contributed by atoms with Crippen molar-refractivity contribution in [3.8, 4) is 0 Å². The van der Waals surface area contributed by atoms with Crippen molar-refractivity contribution in [3.63, 3.8) is 0 Å². The molecule has 2 unspecified atom stereocenters. The van der Waals surface area contributed by atoms with Crippen LogP contribution in [0.3, 0.4) is 0 Å². The minimum atomic E-state index is -0.635. The van der Waals surface area contributed by atoms with Crippen LogP contribution in [0.15, 0.2) is 22.8 Å². The van der Waals surface area contributed by atoms with Crippen molar-refractivity contribution in [2.24, 2.45) is 11.5 Å². The number of carbonyl (C=O) groups excluding carboxylic acids is 1. The largest absolute Gasteiger partial charge is 0.469 e. The van der Waals surface area contributed by atoms with E-state index >= 15 is 0 Å². The van der Waals surface area contributed by atoms with Crippen LogP contribution in [0.4, 0.5) is 0 Å². The Bertz CT molecular complexity index is 298. The normalized spacial score (nSPS) is 14.8. The number of hydrogen-bond donors (Lipinski definition) is 3. The third-order valence-corrected chi connectivity index (χ3v) is 2.14. The van der Waals surface area contributed by atoms with E-state index in [9.17, 15) is 4.79 Å². The van der Waals surface area contributed by atoms with Gasteiger partial charge in [-0.3, -0.25) is 4.79 Å². The highest BCUT2D eigenvalue weighted by molar-refractivity contribution is 5.79. The van der Waals surface area contributed by atoms with Crippen LogP contribution in [0.5, 0.6) is 0 Å². The molecule has 5 heteroatoms. The zero-order valence-electron chi connectivity index (χ0n) is 8.77. The molecule has 1 heterocycles. The quantitative estimate of drug-likeness (QED) is 0.597. The van der Waals surface area contributed by atoms with Crippen LogP contribution in [0.1, 0.15) is 12.7 Å². The number of nitrogens with one attached hydrogen (secondary N) is 1. The smallest absolute Gasteiger partial charge is 0.235 e. The lowest BCUT2D eigenvalue weighted by molar-refractivity contribution is -0.119. The first-order valence-corrected chi connectivity index (χ1v) is 4.90. The van der Waals surface area contributed by atoms with E-state index in [0.29, 0.717) is 6.54 Å². The van der Waals surface area contributed by atoms with E-state index in [1.54, 1.807) is 6.26 Å². The molecule has 84 valence electrons. The van der Waals surface area contributed by atoms with Gasteiger partial charge in [-0.15, -0.1) is 0 Å². The topological polar surface area (TPSA) is 94.3 Å². The van der Waals surface area contributed by atoms with Crippen LogP contribution < -0.4 is 16.8 Å². The van der Waals surface area contributed by atoms with E-state index in [1.165, 1.54) is 0 Å². The molecular formula is C10H17N3O2. The molecule has 0 fully saturated rings. The molecule has 0 bridgehead atoms. The molecule has 0 saturated heterocycles. The Morgan fingerprint density at radius 2 is 2.40 bits per heavy atom. The van der Waals surface area contributed by atoms with Crippen molar-refractivity contribution in [3.05, 3.63) is 24.2 Å². The van der Waals surface area contributed by atoms with Crippen LogP contribution >= 0.6 is 0 Å². The van der Waals surface area contributed by atoms with Gasteiger partial charge in [-0.05, 0) is 19.1 Å². The minimum absolute atomic E-state index is 0.196. The Morgan fingerprint density at radius 3 is 2.93 bits per heavy atom. The van der Waals surface area contributed by atoms with Crippen LogP contribution in [-0.2, 0) is 11.2 Å².